The van der Waals surface area contributed by atoms with E-state index in [1.807, 2.05) is 25.1 Å². The van der Waals surface area contributed by atoms with Gasteiger partial charge >= 0.3 is 0 Å². The number of morpholine rings is 1. The third-order valence-electron chi connectivity index (χ3n) is 4.86. The summed E-state index contributed by atoms with van der Waals surface area (Å²) in [5.41, 5.74) is 2.72. The van der Waals surface area contributed by atoms with Crippen LogP contribution >= 0.6 is 0 Å². The van der Waals surface area contributed by atoms with Crippen molar-refractivity contribution in [2.45, 2.75) is 11.8 Å². The first-order valence-electron chi connectivity index (χ1n) is 10.1. The average Bonchev–Trinajstić information content (AvgIpc) is 2.84. The van der Waals surface area contributed by atoms with Crippen LogP contribution in [0.15, 0.2) is 53.8 Å². The first-order valence-corrected chi connectivity index (χ1v) is 11.2. The van der Waals surface area contributed by atoms with Gasteiger partial charge in [-0.15, -0.1) is 0 Å². The van der Waals surface area contributed by atoms with Gasteiger partial charge in [0, 0.05) is 24.8 Å². The Bertz CT molecular complexity index is 1170. The van der Waals surface area contributed by atoms with Crippen molar-refractivity contribution in [3.8, 4) is 17.7 Å². The number of methoxy groups -OCH3 is 1. The van der Waals surface area contributed by atoms with Gasteiger partial charge in [0.2, 0.25) is 5.88 Å². The van der Waals surface area contributed by atoms with Crippen LogP contribution in [0.25, 0.3) is 0 Å². The van der Waals surface area contributed by atoms with Gasteiger partial charge in [0.15, 0.2) is 0 Å². The molecule has 0 spiro atoms. The van der Waals surface area contributed by atoms with Crippen LogP contribution in [-0.2, 0) is 15.7 Å². The van der Waals surface area contributed by atoms with Crippen LogP contribution in [0.3, 0.4) is 0 Å². The molecule has 3 heterocycles. The zero-order valence-electron chi connectivity index (χ0n) is 17.9. The first kappa shape index (κ1) is 21.7. The van der Waals surface area contributed by atoms with Crippen molar-refractivity contribution in [2.75, 3.05) is 43.0 Å². The van der Waals surface area contributed by atoms with E-state index in [0.29, 0.717) is 35.2 Å². The summed E-state index contributed by atoms with van der Waals surface area (Å²) in [5, 5.41) is 0. The SMILES string of the molecule is COc1ncc(C#Cc2c(C)ncnc2N2CCOCC2)cc1NS(=O)c1ccccc1. The molecule has 0 aliphatic carbocycles. The molecule has 1 aliphatic rings. The minimum atomic E-state index is -1.46. The average molecular weight is 450 g/mol. The highest BCUT2D eigenvalue weighted by atomic mass is 32.2. The van der Waals surface area contributed by atoms with Gasteiger partial charge < -0.3 is 14.4 Å². The zero-order valence-corrected chi connectivity index (χ0v) is 18.7. The van der Waals surface area contributed by atoms with E-state index in [2.05, 4.69) is 36.4 Å². The number of benzene rings is 1. The molecule has 0 amide bonds. The molecule has 32 heavy (non-hydrogen) atoms. The Morgan fingerprint density at radius 2 is 1.91 bits per heavy atom. The lowest BCUT2D eigenvalue weighted by Crippen LogP contribution is -2.37. The monoisotopic (exact) mass is 449 g/mol. The normalized spacial score (nSPS) is 14.2. The third-order valence-corrected chi connectivity index (χ3v) is 5.97. The molecular formula is C23H23N5O3S. The molecule has 2 aromatic heterocycles. The predicted octanol–water partition coefficient (Wildman–Crippen LogP) is 2.56. The summed E-state index contributed by atoms with van der Waals surface area (Å²) in [5.74, 6) is 7.49. The predicted molar refractivity (Wildman–Crippen MR) is 123 cm³/mol. The lowest BCUT2D eigenvalue weighted by atomic mass is 10.2. The summed E-state index contributed by atoms with van der Waals surface area (Å²) < 4.78 is 26.4. The van der Waals surface area contributed by atoms with E-state index in [1.165, 1.54) is 7.11 Å². The van der Waals surface area contributed by atoms with Gasteiger partial charge in [-0.1, -0.05) is 30.0 Å². The molecule has 1 unspecified atom stereocenters. The van der Waals surface area contributed by atoms with Crippen LogP contribution in [0.4, 0.5) is 11.5 Å². The fourth-order valence-electron chi connectivity index (χ4n) is 3.22. The molecule has 9 heteroatoms. The fraction of sp³-hybridized carbons (Fsp3) is 0.261. The number of aromatic nitrogens is 3. The summed E-state index contributed by atoms with van der Waals surface area (Å²) in [6, 6.07) is 10.9. The summed E-state index contributed by atoms with van der Waals surface area (Å²) >= 11 is 0. The molecule has 1 aromatic carbocycles. The van der Waals surface area contributed by atoms with E-state index < -0.39 is 11.0 Å². The van der Waals surface area contributed by atoms with E-state index in [1.54, 1.807) is 30.7 Å². The quantitative estimate of drug-likeness (QED) is 0.599. The number of nitrogens with zero attached hydrogens (tertiary/aromatic N) is 4. The summed E-state index contributed by atoms with van der Waals surface area (Å²) in [6.45, 7) is 4.75. The number of rotatable bonds is 5. The molecule has 1 fully saturated rings. The lowest BCUT2D eigenvalue weighted by Gasteiger charge is -2.28. The number of hydrogen-bond donors (Lipinski definition) is 1. The Morgan fingerprint density at radius 1 is 1.12 bits per heavy atom. The minimum absolute atomic E-state index is 0.341. The molecule has 164 valence electrons. The van der Waals surface area contributed by atoms with Crippen LogP contribution in [0, 0.1) is 18.8 Å². The minimum Gasteiger partial charge on any atom is -0.480 e. The van der Waals surface area contributed by atoms with Crippen molar-refractivity contribution in [1.82, 2.24) is 15.0 Å². The Labute approximate surface area is 189 Å². The van der Waals surface area contributed by atoms with E-state index in [4.69, 9.17) is 9.47 Å². The maximum Gasteiger partial charge on any atom is 0.238 e. The molecule has 0 saturated carbocycles. The van der Waals surface area contributed by atoms with Crippen LogP contribution < -0.4 is 14.4 Å². The highest BCUT2D eigenvalue weighted by molar-refractivity contribution is 7.86. The smallest absolute Gasteiger partial charge is 0.238 e. The Kier molecular flexibility index (Phi) is 6.94. The number of ether oxygens (including phenoxy) is 2. The molecular weight excluding hydrogens is 426 g/mol. The Balaban J connectivity index is 1.63. The van der Waals surface area contributed by atoms with E-state index in [0.717, 1.165) is 30.2 Å². The Hall–Kier alpha value is -3.48. The van der Waals surface area contributed by atoms with Crippen LogP contribution in [-0.4, -0.2) is 52.6 Å². The van der Waals surface area contributed by atoms with Gasteiger partial charge in [0.05, 0.1) is 36.5 Å². The number of hydrogen-bond acceptors (Lipinski definition) is 7. The number of anilines is 2. The van der Waals surface area contributed by atoms with Crippen molar-refractivity contribution in [2.24, 2.45) is 0 Å². The topological polar surface area (TPSA) is 89.5 Å². The van der Waals surface area contributed by atoms with Crippen molar-refractivity contribution in [1.29, 1.82) is 0 Å². The van der Waals surface area contributed by atoms with E-state index in [-0.39, 0.29) is 0 Å². The molecule has 1 atom stereocenters. The van der Waals surface area contributed by atoms with E-state index in [9.17, 15) is 4.21 Å². The van der Waals surface area contributed by atoms with E-state index >= 15 is 0 Å². The second-order valence-electron chi connectivity index (χ2n) is 6.97. The number of nitrogens with one attached hydrogen (secondary N) is 1. The third kappa shape index (κ3) is 5.04. The second-order valence-corrected chi connectivity index (χ2v) is 8.18. The van der Waals surface area contributed by atoms with Crippen molar-refractivity contribution in [3.05, 3.63) is 65.7 Å². The van der Waals surface area contributed by atoms with Crippen molar-refractivity contribution in [3.63, 3.8) is 0 Å². The molecule has 1 N–H and O–H groups in total. The van der Waals surface area contributed by atoms with Gasteiger partial charge in [-0.2, -0.15) is 0 Å². The van der Waals surface area contributed by atoms with Gasteiger partial charge in [-0.25, -0.2) is 19.2 Å². The lowest BCUT2D eigenvalue weighted by molar-refractivity contribution is 0.122. The van der Waals surface area contributed by atoms with Crippen LogP contribution in [0.1, 0.15) is 16.8 Å². The molecule has 3 aromatic rings. The summed E-state index contributed by atoms with van der Waals surface area (Å²) in [7, 11) is 0.0556. The summed E-state index contributed by atoms with van der Waals surface area (Å²) in [6.07, 6.45) is 3.18. The Morgan fingerprint density at radius 3 is 2.66 bits per heavy atom. The molecule has 0 bridgehead atoms. The standard InChI is InChI=1S/C23H23N5O3S/c1-17-20(22(26-16-25-17)28-10-12-31-13-11-28)9-8-18-14-21(23(30-2)24-15-18)27-32(29)19-6-4-3-5-7-19/h3-7,14-16,27H,10-13H2,1-2H3. The molecule has 4 rings (SSSR count). The maximum atomic E-state index is 12.7. The highest BCUT2D eigenvalue weighted by Gasteiger charge is 2.17. The van der Waals surface area contributed by atoms with Crippen molar-refractivity contribution < 1.29 is 13.7 Å². The summed E-state index contributed by atoms with van der Waals surface area (Å²) in [4.78, 5) is 15.9. The van der Waals surface area contributed by atoms with Crippen LogP contribution in [0.2, 0.25) is 0 Å². The van der Waals surface area contributed by atoms with Gasteiger partial charge in [-0.05, 0) is 25.1 Å². The second kappa shape index (κ2) is 10.2. The zero-order chi connectivity index (χ0) is 22.3. The largest absolute Gasteiger partial charge is 0.480 e. The fourth-order valence-corrected chi connectivity index (χ4v) is 4.08. The highest BCUT2D eigenvalue weighted by Crippen LogP contribution is 2.25. The van der Waals surface area contributed by atoms with Gasteiger partial charge in [0.25, 0.3) is 0 Å². The van der Waals surface area contributed by atoms with Crippen LogP contribution in [0.5, 0.6) is 5.88 Å². The molecule has 1 aliphatic heterocycles. The number of pyridine rings is 1. The molecule has 8 nitrogen and oxygen atoms in total. The van der Waals surface area contributed by atoms with Gasteiger partial charge in [0.1, 0.15) is 28.8 Å². The number of aryl methyl sites for hydroxylation is 1. The van der Waals surface area contributed by atoms with Crippen molar-refractivity contribution >= 4 is 22.5 Å². The first-order chi connectivity index (χ1) is 15.7. The van der Waals surface area contributed by atoms with Gasteiger partial charge in [-0.3, -0.25) is 4.72 Å². The maximum absolute atomic E-state index is 12.7. The molecule has 1 saturated heterocycles. The molecule has 0 radical (unpaired) electrons.